The summed E-state index contributed by atoms with van der Waals surface area (Å²) in [4.78, 5) is 22.8. The predicted octanol–water partition coefficient (Wildman–Crippen LogP) is 4.95. The number of oxazole rings is 2. The van der Waals surface area contributed by atoms with Crippen LogP contribution in [0, 0.1) is 13.8 Å². The van der Waals surface area contributed by atoms with Crippen LogP contribution < -0.4 is 10.6 Å². The third kappa shape index (κ3) is 8.12. The molecule has 0 bridgehead atoms. The van der Waals surface area contributed by atoms with Gasteiger partial charge in [-0.2, -0.15) is 0 Å². The average Bonchev–Trinajstić information content (AvgIpc) is 3.87. The topological polar surface area (TPSA) is 150 Å². The van der Waals surface area contributed by atoms with Crippen LogP contribution >= 0.6 is 0 Å². The molecule has 0 radical (unpaired) electrons. The highest BCUT2D eigenvalue weighted by Gasteiger charge is 2.22. The Bertz CT molecular complexity index is 1800. The maximum atomic E-state index is 5.67. The number of para-hydroxylation sites is 4. The summed E-state index contributed by atoms with van der Waals surface area (Å²) in [5.41, 5.74) is 4.23. The summed E-state index contributed by atoms with van der Waals surface area (Å²) in [5.74, 6) is 4.92. The molecule has 0 unspecified atom stereocenters. The smallest absolute Gasteiger partial charge is 0.204 e. The fraction of sp³-hybridized carbons (Fsp3) is 0.444. The van der Waals surface area contributed by atoms with Crippen LogP contribution in [0.15, 0.2) is 69.8 Å². The summed E-state index contributed by atoms with van der Waals surface area (Å²) < 4.78 is 15.7. The third-order valence-corrected chi connectivity index (χ3v) is 9.38. The molecule has 0 spiro atoms. The molecule has 2 aromatic carbocycles. The van der Waals surface area contributed by atoms with Crippen LogP contribution in [-0.4, -0.2) is 96.7 Å². The fourth-order valence-electron chi connectivity index (χ4n) is 6.63. The van der Waals surface area contributed by atoms with Gasteiger partial charge in [0.2, 0.25) is 11.9 Å². The number of piperidine rings is 2. The zero-order valence-corrected chi connectivity index (χ0v) is 28.9. The Kier molecular flexibility index (Phi) is 10.6. The molecule has 260 valence electrons. The second kappa shape index (κ2) is 15.2. The monoisotopic (exact) mass is 668 g/mol. The molecule has 0 amide bonds. The average molecular weight is 669 g/mol. The Hall–Kier alpha value is -4.72. The maximum Gasteiger partial charge on any atom is 0.204 e. The molecular formula is C36H48N10O3. The molecule has 4 N–H and O–H groups in total. The Morgan fingerprint density at radius 3 is 1.39 bits per heavy atom. The summed E-state index contributed by atoms with van der Waals surface area (Å²) in [6.45, 7) is 9.50. The van der Waals surface area contributed by atoms with Crippen LogP contribution in [0.5, 0.6) is 0 Å². The van der Waals surface area contributed by atoms with Crippen molar-refractivity contribution in [3.63, 3.8) is 0 Å². The number of aromatic nitrogens is 6. The second-order valence-electron chi connectivity index (χ2n) is 13.2. The Balaban J connectivity index is 0.000000167. The van der Waals surface area contributed by atoms with Crippen molar-refractivity contribution in [1.29, 1.82) is 0 Å². The molecular weight excluding hydrogens is 620 g/mol. The highest BCUT2D eigenvalue weighted by molar-refractivity contribution is 5.79. The van der Waals surface area contributed by atoms with Crippen molar-refractivity contribution in [3.8, 4) is 0 Å². The van der Waals surface area contributed by atoms with E-state index in [1.807, 2.05) is 38.1 Å². The molecule has 2 aliphatic heterocycles. The highest BCUT2D eigenvalue weighted by Crippen LogP contribution is 2.25. The van der Waals surface area contributed by atoms with Crippen LogP contribution in [0.1, 0.15) is 49.0 Å². The van der Waals surface area contributed by atoms with Gasteiger partial charge in [-0.25, -0.2) is 19.9 Å². The van der Waals surface area contributed by atoms with Crippen LogP contribution in [0.3, 0.4) is 0 Å². The highest BCUT2D eigenvalue weighted by atomic mass is 16.4. The van der Waals surface area contributed by atoms with Gasteiger partial charge in [0.15, 0.2) is 11.8 Å². The van der Waals surface area contributed by atoms with E-state index in [2.05, 4.69) is 77.9 Å². The summed E-state index contributed by atoms with van der Waals surface area (Å²) in [7, 11) is 4.36. The van der Waals surface area contributed by atoms with E-state index in [1.54, 1.807) is 12.4 Å². The van der Waals surface area contributed by atoms with Crippen molar-refractivity contribution in [2.45, 2.75) is 64.7 Å². The molecule has 6 heterocycles. The van der Waals surface area contributed by atoms with Crippen LogP contribution in [-0.2, 0) is 13.1 Å². The first kappa shape index (κ1) is 34.2. The first-order valence-electron chi connectivity index (χ1n) is 17.0. The predicted molar refractivity (Wildman–Crippen MR) is 192 cm³/mol. The van der Waals surface area contributed by atoms with E-state index in [-0.39, 0.29) is 5.48 Å². The molecule has 0 aliphatic carbocycles. The second-order valence-corrected chi connectivity index (χ2v) is 13.2. The van der Waals surface area contributed by atoms with Gasteiger partial charge in [0.25, 0.3) is 0 Å². The molecule has 13 heteroatoms. The minimum absolute atomic E-state index is 0. The van der Waals surface area contributed by atoms with Gasteiger partial charge in [-0.15, -0.1) is 0 Å². The van der Waals surface area contributed by atoms with Gasteiger partial charge >= 0.3 is 0 Å². The zero-order valence-electron chi connectivity index (χ0n) is 28.9. The maximum absolute atomic E-state index is 5.67. The largest absolute Gasteiger partial charge is 0.444 e. The molecule has 8 rings (SSSR count). The molecule has 49 heavy (non-hydrogen) atoms. The summed E-state index contributed by atoms with van der Waals surface area (Å²) in [6.07, 6.45) is 8.15. The SMILES string of the molecule is Cc1ncc(Cn2c(NC3CCN(C)CC3)nc3ccccc32)o1.Cc1ncc(Cn2c(NC3CCN(C)CC3)nc3ccccc32)o1.O. The lowest BCUT2D eigenvalue weighted by Crippen LogP contribution is -2.37. The Labute approximate surface area is 286 Å². The van der Waals surface area contributed by atoms with Crippen molar-refractivity contribution in [3.05, 3.63) is 84.2 Å². The molecule has 2 fully saturated rings. The number of nitrogens with one attached hydrogen (secondary N) is 2. The van der Waals surface area contributed by atoms with Crippen LogP contribution in [0.4, 0.5) is 11.9 Å². The van der Waals surface area contributed by atoms with E-state index in [0.29, 0.717) is 37.0 Å². The first-order chi connectivity index (χ1) is 23.4. The zero-order chi connectivity index (χ0) is 33.0. The van der Waals surface area contributed by atoms with Crippen molar-refractivity contribution in [2.75, 3.05) is 50.9 Å². The normalized spacial score (nSPS) is 16.4. The number of hydrogen-bond donors (Lipinski definition) is 2. The quantitative estimate of drug-likeness (QED) is 0.228. The lowest BCUT2D eigenvalue weighted by Gasteiger charge is -2.29. The minimum atomic E-state index is 0. The number of hydrogen-bond acceptors (Lipinski definition) is 10. The molecule has 13 nitrogen and oxygen atoms in total. The standard InChI is InChI=1S/2C18H23N5O.H2O/c2*1-13-19-11-15(24-13)12-23-17-6-4-3-5-16(17)21-18(23)20-14-7-9-22(2)10-8-14;/h2*3-6,11,14H,7-10,12H2,1-2H3,(H,20,21);1H2. The van der Waals surface area contributed by atoms with Crippen molar-refractivity contribution in [1.82, 2.24) is 38.9 Å². The van der Waals surface area contributed by atoms with Gasteiger partial charge in [-0.1, -0.05) is 24.3 Å². The number of aryl methyl sites for hydroxylation is 2. The first-order valence-corrected chi connectivity index (χ1v) is 17.0. The lowest BCUT2D eigenvalue weighted by molar-refractivity contribution is 0.263. The molecule has 2 saturated heterocycles. The summed E-state index contributed by atoms with van der Waals surface area (Å²) in [5, 5.41) is 7.30. The van der Waals surface area contributed by atoms with Gasteiger partial charge in [0.05, 0.1) is 47.6 Å². The van der Waals surface area contributed by atoms with Crippen LogP contribution in [0.25, 0.3) is 22.1 Å². The number of rotatable bonds is 8. The molecule has 0 saturated carbocycles. The number of anilines is 2. The van der Waals surface area contributed by atoms with Gasteiger partial charge in [-0.05, 0) is 90.2 Å². The van der Waals surface area contributed by atoms with E-state index in [4.69, 9.17) is 18.8 Å². The Morgan fingerprint density at radius 1 is 0.633 bits per heavy atom. The van der Waals surface area contributed by atoms with Crippen LogP contribution in [0.2, 0.25) is 0 Å². The molecule has 6 aromatic rings. The number of nitrogens with zero attached hydrogens (tertiary/aromatic N) is 8. The molecule has 2 aliphatic rings. The number of fused-ring (bicyclic) bond motifs is 2. The van der Waals surface area contributed by atoms with Gasteiger partial charge in [-0.3, -0.25) is 0 Å². The van der Waals surface area contributed by atoms with Gasteiger partial charge in [0, 0.05) is 25.9 Å². The summed E-state index contributed by atoms with van der Waals surface area (Å²) in [6, 6.07) is 17.4. The van der Waals surface area contributed by atoms with Crippen molar-refractivity contribution < 1.29 is 14.3 Å². The van der Waals surface area contributed by atoms with E-state index in [9.17, 15) is 0 Å². The van der Waals surface area contributed by atoms with Crippen molar-refractivity contribution in [2.24, 2.45) is 0 Å². The molecule has 0 atom stereocenters. The number of imidazole rings is 2. The number of likely N-dealkylation sites (tertiary alicyclic amines) is 2. The third-order valence-electron chi connectivity index (χ3n) is 9.38. The van der Waals surface area contributed by atoms with E-state index >= 15 is 0 Å². The van der Waals surface area contributed by atoms with Crippen molar-refractivity contribution >= 4 is 34.0 Å². The summed E-state index contributed by atoms with van der Waals surface area (Å²) >= 11 is 0. The lowest BCUT2D eigenvalue weighted by atomic mass is 10.1. The Morgan fingerprint density at radius 2 is 1.02 bits per heavy atom. The number of benzene rings is 2. The van der Waals surface area contributed by atoms with E-state index < -0.39 is 0 Å². The van der Waals surface area contributed by atoms with Gasteiger partial charge in [0.1, 0.15) is 11.5 Å². The van der Waals surface area contributed by atoms with E-state index in [1.165, 1.54) is 0 Å². The fourth-order valence-corrected chi connectivity index (χ4v) is 6.63. The minimum Gasteiger partial charge on any atom is -0.444 e. The van der Waals surface area contributed by atoms with E-state index in [0.717, 1.165) is 97.3 Å². The molecule has 4 aromatic heterocycles. The van der Waals surface area contributed by atoms with Gasteiger partial charge < -0.3 is 43.9 Å².